The van der Waals surface area contributed by atoms with Crippen molar-refractivity contribution in [2.45, 2.75) is 0 Å². The van der Waals surface area contributed by atoms with Gasteiger partial charge < -0.3 is 5.32 Å². The number of benzene rings is 1. The van der Waals surface area contributed by atoms with Crippen molar-refractivity contribution >= 4 is 46.5 Å². The summed E-state index contributed by atoms with van der Waals surface area (Å²) < 4.78 is 1.81. The van der Waals surface area contributed by atoms with Crippen molar-refractivity contribution < 1.29 is 4.79 Å². The lowest BCUT2D eigenvalue weighted by Crippen LogP contribution is -2.08. The highest BCUT2D eigenvalue weighted by Gasteiger charge is 2.07. The molecule has 0 aliphatic rings. The molecule has 2 aromatic heterocycles. The highest BCUT2D eigenvalue weighted by molar-refractivity contribution is 6.34. The second-order valence-electron chi connectivity index (χ2n) is 4.52. The normalized spacial score (nSPS) is 11.2. The van der Waals surface area contributed by atoms with Crippen molar-refractivity contribution in [1.82, 2.24) is 9.38 Å². The highest BCUT2D eigenvalue weighted by Crippen LogP contribution is 2.21. The van der Waals surface area contributed by atoms with Crippen LogP contribution in [-0.4, -0.2) is 15.3 Å². The topological polar surface area (TPSA) is 46.4 Å². The number of para-hydroxylation sites is 1. The van der Waals surface area contributed by atoms with Gasteiger partial charge in [0.15, 0.2) is 5.15 Å². The largest absolute Gasteiger partial charge is 0.321 e. The summed E-state index contributed by atoms with van der Waals surface area (Å²) in [7, 11) is 0. The van der Waals surface area contributed by atoms with E-state index in [9.17, 15) is 4.79 Å². The van der Waals surface area contributed by atoms with Gasteiger partial charge in [-0.1, -0.05) is 41.4 Å². The summed E-state index contributed by atoms with van der Waals surface area (Å²) in [6.07, 6.45) is 4.85. The first-order chi connectivity index (χ1) is 10.6. The van der Waals surface area contributed by atoms with Crippen LogP contribution in [0.1, 0.15) is 5.69 Å². The number of nitrogens with zero attached hydrogens (tertiary/aromatic N) is 2. The number of rotatable bonds is 3. The maximum atomic E-state index is 12.0. The van der Waals surface area contributed by atoms with Crippen molar-refractivity contribution in [3.8, 4) is 0 Å². The van der Waals surface area contributed by atoms with E-state index in [1.165, 1.54) is 6.08 Å². The first-order valence-corrected chi connectivity index (χ1v) is 7.27. The van der Waals surface area contributed by atoms with Crippen molar-refractivity contribution in [3.05, 3.63) is 70.6 Å². The fourth-order valence-electron chi connectivity index (χ4n) is 2.03. The van der Waals surface area contributed by atoms with E-state index in [0.717, 1.165) is 5.65 Å². The lowest BCUT2D eigenvalue weighted by Gasteiger charge is -2.03. The average molecular weight is 332 g/mol. The van der Waals surface area contributed by atoms with Gasteiger partial charge in [0.1, 0.15) is 5.65 Å². The highest BCUT2D eigenvalue weighted by atomic mass is 35.5. The Morgan fingerprint density at radius 2 is 1.91 bits per heavy atom. The molecule has 4 nitrogen and oxygen atoms in total. The lowest BCUT2D eigenvalue weighted by molar-refractivity contribution is -0.111. The Morgan fingerprint density at radius 1 is 1.14 bits per heavy atom. The van der Waals surface area contributed by atoms with E-state index in [0.29, 0.717) is 21.6 Å². The maximum absolute atomic E-state index is 12.0. The zero-order valence-electron chi connectivity index (χ0n) is 11.3. The number of hydrogen-bond acceptors (Lipinski definition) is 2. The Kier molecular flexibility index (Phi) is 4.13. The number of hydrogen-bond donors (Lipinski definition) is 1. The third-order valence-electron chi connectivity index (χ3n) is 3.05. The zero-order valence-corrected chi connectivity index (χ0v) is 12.8. The molecule has 3 aromatic rings. The third kappa shape index (κ3) is 2.98. The first kappa shape index (κ1) is 14.6. The summed E-state index contributed by atoms with van der Waals surface area (Å²) in [5.74, 6) is -0.296. The van der Waals surface area contributed by atoms with Crippen LogP contribution in [0.25, 0.3) is 11.7 Å². The quantitative estimate of drug-likeness (QED) is 0.727. The molecule has 0 saturated heterocycles. The number of carbonyl (C=O) groups excluding carboxylic acids is 1. The number of carbonyl (C=O) groups is 1. The molecular formula is C16H11Cl2N3O. The molecule has 6 heteroatoms. The van der Waals surface area contributed by atoms with Crippen LogP contribution in [0.2, 0.25) is 10.2 Å². The Bertz CT molecular complexity index is 871. The van der Waals surface area contributed by atoms with Crippen LogP contribution in [0.5, 0.6) is 0 Å². The molecule has 1 amide bonds. The number of amides is 1. The number of pyridine rings is 1. The fourth-order valence-corrected chi connectivity index (χ4v) is 2.45. The Hall–Kier alpha value is -2.30. The molecule has 0 atom stereocenters. The summed E-state index contributed by atoms with van der Waals surface area (Å²) in [5.41, 5.74) is 1.92. The summed E-state index contributed by atoms with van der Waals surface area (Å²) in [5, 5.41) is 3.53. The SMILES string of the molecule is O=C(/C=C/c1c(Cl)nc2ccccn12)Nc1ccccc1Cl. The number of halogens is 2. The molecule has 0 aliphatic heterocycles. The van der Waals surface area contributed by atoms with Gasteiger partial charge in [-0.2, -0.15) is 0 Å². The van der Waals surface area contributed by atoms with E-state index in [2.05, 4.69) is 10.3 Å². The van der Waals surface area contributed by atoms with E-state index in [1.807, 2.05) is 28.8 Å². The van der Waals surface area contributed by atoms with Gasteiger partial charge in [0.25, 0.3) is 0 Å². The first-order valence-electron chi connectivity index (χ1n) is 6.51. The van der Waals surface area contributed by atoms with Crippen LogP contribution in [-0.2, 0) is 4.79 Å². The number of aromatic nitrogens is 2. The monoisotopic (exact) mass is 331 g/mol. The van der Waals surface area contributed by atoms with Crippen LogP contribution in [0.15, 0.2) is 54.7 Å². The Labute approximate surface area is 137 Å². The molecule has 110 valence electrons. The van der Waals surface area contributed by atoms with Crippen LogP contribution < -0.4 is 5.32 Å². The predicted molar refractivity (Wildman–Crippen MR) is 89.3 cm³/mol. The van der Waals surface area contributed by atoms with Crippen LogP contribution >= 0.6 is 23.2 Å². The van der Waals surface area contributed by atoms with E-state index in [1.54, 1.807) is 30.3 Å². The van der Waals surface area contributed by atoms with Crippen LogP contribution in [0.4, 0.5) is 5.69 Å². The van der Waals surface area contributed by atoms with Crippen LogP contribution in [0.3, 0.4) is 0 Å². The van der Waals surface area contributed by atoms with Gasteiger partial charge >= 0.3 is 0 Å². The van der Waals surface area contributed by atoms with Crippen molar-refractivity contribution in [2.75, 3.05) is 5.32 Å². The molecule has 0 fully saturated rings. The summed E-state index contributed by atoms with van der Waals surface area (Å²) in [4.78, 5) is 16.2. The molecule has 0 radical (unpaired) electrons. The standard InChI is InChI=1S/C16H11Cl2N3O/c17-11-5-1-2-6-12(11)19-15(22)9-8-13-16(18)20-14-7-3-4-10-21(13)14/h1-10H,(H,19,22)/b9-8+. The fraction of sp³-hybridized carbons (Fsp3) is 0. The van der Waals surface area contributed by atoms with Crippen molar-refractivity contribution in [2.24, 2.45) is 0 Å². The number of fused-ring (bicyclic) bond motifs is 1. The number of nitrogens with one attached hydrogen (secondary N) is 1. The van der Waals surface area contributed by atoms with E-state index >= 15 is 0 Å². The van der Waals surface area contributed by atoms with Gasteiger partial charge in [0.05, 0.1) is 16.4 Å². The molecule has 2 heterocycles. The molecule has 1 aromatic carbocycles. The second-order valence-corrected chi connectivity index (χ2v) is 5.28. The van der Waals surface area contributed by atoms with Crippen molar-refractivity contribution in [1.29, 1.82) is 0 Å². The second kappa shape index (κ2) is 6.22. The summed E-state index contributed by atoms with van der Waals surface area (Å²) >= 11 is 12.1. The minimum Gasteiger partial charge on any atom is -0.321 e. The minimum absolute atomic E-state index is 0.296. The zero-order chi connectivity index (χ0) is 15.5. The molecule has 0 saturated carbocycles. The van der Waals surface area contributed by atoms with E-state index in [4.69, 9.17) is 23.2 Å². The lowest BCUT2D eigenvalue weighted by atomic mass is 10.3. The molecule has 0 unspecified atom stereocenters. The molecule has 0 bridgehead atoms. The van der Waals surface area contributed by atoms with E-state index in [-0.39, 0.29) is 5.91 Å². The minimum atomic E-state index is -0.296. The molecule has 22 heavy (non-hydrogen) atoms. The molecule has 3 rings (SSSR count). The maximum Gasteiger partial charge on any atom is 0.248 e. The third-order valence-corrected chi connectivity index (χ3v) is 3.65. The van der Waals surface area contributed by atoms with Crippen LogP contribution in [0, 0.1) is 0 Å². The van der Waals surface area contributed by atoms with Gasteiger partial charge in [0.2, 0.25) is 5.91 Å². The van der Waals surface area contributed by atoms with Gasteiger partial charge in [-0.3, -0.25) is 9.20 Å². The number of imidazole rings is 1. The Balaban J connectivity index is 1.82. The van der Waals surface area contributed by atoms with Gasteiger partial charge in [-0.05, 0) is 30.3 Å². The molecule has 0 aliphatic carbocycles. The summed E-state index contributed by atoms with van der Waals surface area (Å²) in [6, 6.07) is 12.6. The predicted octanol–water partition coefficient (Wildman–Crippen LogP) is 4.29. The smallest absolute Gasteiger partial charge is 0.248 e. The summed E-state index contributed by atoms with van der Waals surface area (Å²) in [6.45, 7) is 0. The average Bonchev–Trinajstić information content (AvgIpc) is 2.83. The van der Waals surface area contributed by atoms with Gasteiger partial charge in [0, 0.05) is 12.3 Å². The molecule has 0 spiro atoms. The number of anilines is 1. The Morgan fingerprint density at radius 3 is 2.73 bits per heavy atom. The molecular weight excluding hydrogens is 321 g/mol. The van der Waals surface area contributed by atoms with Gasteiger partial charge in [-0.15, -0.1) is 0 Å². The molecule has 1 N–H and O–H groups in total. The van der Waals surface area contributed by atoms with Gasteiger partial charge in [-0.25, -0.2) is 4.98 Å². The van der Waals surface area contributed by atoms with E-state index < -0.39 is 0 Å². The van der Waals surface area contributed by atoms with Crippen molar-refractivity contribution in [3.63, 3.8) is 0 Å².